The molecule has 1 saturated heterocycles. The van der Waals surface area contributed by atoms with E-state index in [9.17, 15) is 4.79 Å². The Balaban J connectivity index is 1.60. The van der Waals surface area contributed by atoms with Gasteiger partial charge < -0.3 is 14.7 Å². The van der Waals surface area contributed by atoms with E-state index in [4.69, 9.17) is 0 Å². The van der Waals surface area contributed by atoms with E-state index in [-0.39, 0.29) is 5.91 Å². The predicted octanol–water partition coefficient (Wildman–Crippen LogP) is 2.05. The van der Waals surface area contributed by atoms with Crippen LogP contribution in [0, 0.1) is 13.8 Å². The van der Waals surface area contributed by atoms with Crippen LogP contribution in [0.3, 0.4) is 0 Å². The van der Waals surface area contributed by atoms with Crippen LogP contribution in [0.2, 0.25) is 0 Å². The van der Waals surface area contributed by atoms with Gasteiger partial charge in [-0.1, -0.05) is 29.8 Å². The van der Waals surface area contributed by atoms with Crippen LogP contribution in [-0.2, 0) is 11.2 Å². The van der Waals surface area contributed by atoms with Gasteiger partial charge in [-0.05, 0) is 19.4 Å². The van der Waals surface area contributed by atoms with Crippen molar-refractivity contribution in [2.45, 2.75) is 20.3 Å². The fraction of sp³-hybridized carbons (Fsp3) is 0.450. The second-order valence-electron chi connectivity index (χ2n) is 7.09. The first kappa shape index (κ1) is 18.2. The first-order chi connectivity index (χ1) is 12.4. The summed E-state index contributed by atoms with van der Waals surface area (Å²) in [5.74, 6) is 1.84. The molecule has 0 saturated carbocycles. The number of anilines is 2. The lowest BCUT2D eigenvalue weighted by molar-refractivity contribution is -0.130. The van der Waals surface area contributed by atoms with Crippen LogP contribution < -0.4 is 9.80 Å². The van der Waals surface area contributed by atoms with E-state index in [0.29, 0.717) is 19.5 Å². The quantitative estimate of drug-likeness (QED) is 0.842. The maximum Gasteiger partial charge on any atom is 0.227 e. The Labute approximate surface area is 155 Å². The van der Waals surface area contributed by atoms with E-state index < -0.39 is 0 Å². The summed E-state index contributed by atoms with van der Waals surface area (Å²) in [6.45, 7) is 6.98. The SMILES string of the molecule is Cc1ccc(CC(=O)N2CCN(c3nc(C)cc(N(C)C)n3)CC2)cc1. The van der Waals surface area contributed by atoms with Gasteiger partial charge in [0.05, 0.1) is 6.42 Å². The number of carbonyl (C=O) groups excluding carboxylic acids is 1. The van der Waals surface area contributed by atoms with Crippen molar-refractivity contribution in [3.05, 3.63) is 47.2 Å². The molecular formula is C20H27N5O. The van der Waals surface area contributed by atoms with Crippen LogP contribution in [0.1, 0.15) is 16.8 Å². The van der Waals surface area contributed by atoms with Gasteiger partial charge in [-0.3, -0.25) is 4.79 Å². The van der Waals surface area contributed by atoms with Gasteiger partial charge in [0.2, 0.25) is 11.9 Å². The van der Waals surface area contributed by atoms with Crippen LogP contribution in [0.4, 0.5) is 11.8 Å². The minimum atomic E-state index is 0.188. The third-order valence-corrected chi connectivity index (χ3v) is 4.68. The Bertz CT molecular complexity index is 764. The highest BCUT2D eigenvalue weighted by Gasteiger charge is 2.23. The Morgan fingerprint density at radius 1 is 1.04 bits per heavy atom. The van der Waals surface area contributed by atoms with Gasteiger partial charge >= 0.3 is 0 Å². The molecule has 0 aliphatic carbocycles. The molecule has 138 valence electrons. The van der Waals surface area contributed by atoms with Crippen LogP contribution in [-0.4, -0.2) is 61.0 Å². The number of benzene rings is 1. The molecule has 26 heavy (non-hydrogen) atoms. The standard InChI is InChI=1S/C20H27N5O/c1-15-5-7-17(8-6-15)14-19(26)24-9-11-25(12-10-24)20-21-16(2)13-18(22-20)23(3)4/h5-8,13H,9-12,14H2,1-4H3. The summed E-state index contributed by atoms with van der Waals surface area (Å²) in [5.41, 5.74) is 3.24. The second kappa shape index (κ2) is 7.72. The van der Waals surface area contributed by atoms with Crippen molar-refractivity contribution in [2.24, 2.45) is 0 Å². The van der Waals surface area contributed by atoms with E-state index in [1.165, 1.54) is 5.56 Å². The summed E-state index contributed by atoms with van der Waals surface area (Å²) in [6.07, 6.45) is 0.464. The highest BCUT2D eigenvalue weighted by atomic mass is 16.2. The summed E-state index contributed by atoms with van der Waals surface area (Å²) in [7, 11) is 3.96. The Morgan fingerprint density at radius 3 is 2.31 bits per heavy atom. The summed E-state index contributed by atoms with van der Waals surface area (Å²) in [4.78, 5) is 27.9. The molecule has 0 N–H and O–H groups in total. The largest absolute Gasteiger partial charge is 0.363 e. The first-order valence-corrected chi connectivity index (χ1v) is 9.03. The van der Waals surface area contributed by atoms with Gasteiger partial charge in [-0.25, -0.2) is 4.98 Å². The lowest BCUT2D eigenvalue weighted by Gasteiger charge is -2.35. The molecule has 2 aromatic rings. The lowest BCUT2D eigenvalue weighted by Crippen LogP contribution is -2.49. The highest BCUT2D eigenvalue weighted by molar-refractivity contribution is 5.79. The van der Waals surface area contributed by atoms with Gasteiger partial charge in [-0.2, -0.15) is 4.98 Å². The van der Waals surface area contributed by atoms with Crippen LogP contribution in [0.15, 0.2) is 30.3 Å². The number of rotatable bonds is 4. The molecule has 0 atom stereocenters. The van der Waals surface area contributed by atoms with Crippen molar-refractivity contribution < 1.29 is 4.79 Å². The van der Waals surface area contributed by atoms with Gasteiger partial charge in [0.25, 0.3) is 0 Å². The number of piperazine rings is 1. The molecule has 6 nitrogen and oxygen atoms in total. The molecule has 0 unspecified atom stereocenters. The summed E-state index contributed by atoms with van der Waals surface area (Å²) in [6, 6.07) is 10.2. The van der Waals surface area contributed by atoms with Crippen molar-refractivity contribution in [1.29, 1.82) is 0 Å². The maximum absolute atomic E-state index is 12.6. The van der Waals surface area contributed by atoms with E-state index in [1.807, 2.05) is 49.0 Å². The third kappa shape index (κ3) is 4.31. The fourth-order valence-electron chi connectivity index (χ4n) is 3.06. The zero-order valence-corrected chi connectivity index (χ0v) is 16.1. The fourth-order valence-corrected chi connectivity index (χ4v) is 3.06. The number of hydrogen-bond donors (Lipinski definition) is 0. The zero-order chi connectivity index (χ0) is 18.7. The molecule has 1 aromatic heterocycles. The number of aromatic nitrogens is 2. The Hall–Kier alpha value is -2.63. The van der Waals surface area contributed by atoms with E-state index >= 15 is 0 Å². The topological polar surface area (TPSA) is 52.6 Å². The van der Waals surface area contributed by atoms with Crippen molar-refractivity contribution in [3.8, 4) is 0 Å². The average Bonchev–Trinajstić information content (AvgIpc) is 2.63. The molecule has 2 heterocycles. The normalized spacial score (nSPS) is 14.5. The molecular weight excluding hydrogens is 326 g/mol. The van der Waals surface area contributed by atoms with Gasteiger partial charge in [0.1, 0.15) is 5.82 Å². The first-order valence-electron chi connectivity index (χ1n) is 9.03. The molecule has 1 aliphatic heterocycles. The minimum Gasteiger partial charge on any atom is -0.363 e. The second-order valence-corrected chi connectivity index (χ2v) is 7.09. The molecule has 3 rings (SSSR count). The predicted molar refractivity (Wildman–Crippen MR) is 105 cm³/mol. The Kier molecular flexibility index (Phi) is 5.40. The number of carbonyl (C=O) groups is 1. The zero-order valence-electron chi connectivity index (χ0n) is 16.1. The van der Waals surface area contributed by atoms with Gasteiger partial charge in [0, 0.05) is 52.0 Å². The van der Waals surface area contributed by atoms with Crippen molar-refractivity contribution in [2.75, 3.05) is 50.1 Å². The smallest absolute Gasteiger partial charge is 0.227 e. The number of aryl methyl sites for hydroxylation is 2. The molecule has 0 radical (unpaired) electrons. The summed E-state index contributed by atoms with van der Waals surface area (Å²) >= 11 is 0. The van der Waals surface area contributed by atoms with Crippen LogP contribution in [0.25, 0.3) is 0 Å². The van der Waals surface area contributed by atoms with Crippen LogP contribution >= 0.6 is 0 Å². The molecule has 1 aromatic carbocycles. The number of amides is 1. The van der Waals surface area contributed by atoms with Gasteiger partial charge in [0.15, 0.2) is 0 Å². The third-order valence-electron chi connectivity index (χ3n) is 4.68. The average molecular weight is 353 g/mol. The lowest BCUT2D eigenvalue weighted by atomic mass is 10.1. The molecule has 1 aliphatic rings. The van der Waals surface area contributed by atoms with Gasteiger partial charge in [-0.15, -0.1) is 0 Å². The molecule has 0 spiro atoms. The van der Waals surface area contributed by atoms with Crippen molar-refractivity contribution >= 4 is 17.7 Å². The Morgan fingerprint density at radius 2 is 1.69 bits per heavy atom. The van der Waals surface area contributed by atoms with Crippen LogP contribution in [0.5, 0.6) is 0 Å². The summed E-state index contributed by atoms with van der Waals surface area (Å²) < 4.78 is 0. The molecule has 0 bridgehead atoms. The molecule has 1 fully saturated rings. The highest BCUT2D eigenvalue weighted by Crippen LogP contribution is 2.17. The minimum absolute atomic E-state index is 0.188. The van der Waals surface area contributed by atoms with Crippen molar-refractivity contribution in [3.63, 3.8) is 0 Å². The molecule has 1 amide bonds. The van der Waals surface area contributed by atoms with E-state index in [2.05, 4.69) is 33.9 Å². The number of hydrogen-bond acceptors (Lipinski definition) is 5. The maximum atomic E-state index is 12.6. The van der Waals surface area contributed by atoms with Crippen molar-refractivity contribution in [1.82, 2.24) is 14.9 Å². The summed E-state index contributed by atoms with van der Waals surface area (Å²) in [5, 5.41) is 0. The van der Waals surface area contributed by atoms with E-state index in [1.54, 1.807) is 0 Å². The monoisotopic (exact) mass is 353 g/mol. The number of nitrogens with zero attached hydrogens (tertiary/aromatic N) is 5. The van der Waals surface area contributed by atoms with E-state index in [0.717, 1.165) is 36.1 Å². The molecule has 6 heteroatoms.